The molecule has 1 heterocycles. The SMILES string of the molecule is CNc1cc(S(=O)(=O)N2CCCC2CO)ccc1[N+](=O)[O-]. The van der Waals surface area contributed by atoms with E-state index < -0.39 is 21.0 Å². The Balaban J connectivity index is 2.43. The molecule has 0 saturated carbocycles. The normalized spacial score (nSPS) is 19.6. The minimum Gasteiger partial charge on any atom is -0.395 e. The molecular weight excluding hydrogens is 298 g/mol. The van der Waals surface area contributed by atoms with Crippen LogP contribution in [0.3, 0.4) is 0 Å². The summed E-state index contributed by atoms with van der Waals surface area (Å²) in [6, 6.07) is 3.22. The molecule has 0 bridgehead atoms. The number of hydrogen-bond donors (Lipinski definition) is 2. The topological polar surface area (TPSA) is 113 Å². The highest BCUT2D eigenvalue weighted by molar-refractivity contribution is 7.89. The van der Waals surface area contributed by atoms with Gasteiger partial charge >= 0.3 is 0 Å². The summed E-state index contributed by atoms with van der Waals surface area (Å²) in [5.41, 5.74) is -0.0441. The summed E-state index contributed by atoms with van der Waals surface area (Å²) in [6.45, 7) is 0.116. The molecule has 0 aliphatic carbocycles. The number of hydrogen-bond acceptors (Lipinski definition) is 6. The van der Waals surface area contributed by atoms with Crippen molar-refractivity contribution in [3.8, 4) is 0 Å². The van der Waals surface area contributed by atoms with E-state index in [1.165, 1.54) is 29.6 Å². The zero-order valence-electron chi connectivity index (χ0n) is 11.5. The number of nitrogens with one attached hydrogen (secondary N) is 1. The Morgan fingerprint density at radius 1 is 1.52 bits per heavy atom. The van der Waals surface area contributed by atoms with E-state index in [9.17, 15) is 23.6 Å². The Labute approximate surface area is 122 Å². The molecule has 0 amide bonds. The first-order chi connectivity index (χ1) is 9.91. The Hall–Kier alpha value is -1.71. The molecular formula is C12H17N3O5S. The minimum absolute atomic E-state index is 0.0159. The molecule has 2 rings (SSSR count). The molecule has 0 radical (unpaired) electrons. The van der Waals surface area contributed by atoms with E-state index in [2.05, 4.69) is 5.32 Å². The second-order valence-electron chi connectivity index (χ2n) is 4.78. The van der Waals surface area contributed by atoms with E-state index in [1.807, 2.05) is 0 Å². The maximum atomic E-state index is 12.6. The van der Waals surface area contributed by atoms with Crippen LogP contribution in [0, 0.1) is 10.1 Å². The summed E-state index contributed by atoms with van der Waals surface area (Å²) < 4.78 is 26.4. The van der Waals surface area contributed by atoms with Gasteiger partial charge in [-0.3, -0.25) is 10.1 Å². The van der Waals surface area contributed by atoms with E-state index in [1.54, 1.807) is 0 Å². The lowest BCUT2D eigenvalue weighted by atomic mass is 10.2. The van der Waals surface area contributed by atoms with Gasteiger partial charge in [0, 0.05) is 25.7 Å². The van der Waals surface area contributed by atoms with Gasteiger partial charge in [0.15, 0.2) is 0 Å². The maximum Gasteiger partial charge on any atom is 0.292 e. The molecule has 1 aromatic rings. The molecule has 1 fully saturated rings. The average molecular weight is 315 g/mol. The van der Waals surface area contributed by atoms with Crippen molar-refractivity contribution in [2.45, 2.75) is 23.8 Å². The lowest BCUT2D eigenvalue weighted by molar-refractivity contribution is -0.384. The smallest absolute Gasteiger partial charge is 0.292 e. The molecule has 9 heteroatoms. The van der Waals surface area contributed by atoms with Gasteiger partial charge in [-0.25, -0.2) is 8.42 Å². The van der Waals surface area contributed by atoms with Crippen molar-refractivity contribution in [1.82, 2.24) is 4.31 Å². The predicted octanol–water partition coefficient (Wildman–Crippen LogP) is 0.782. The van der Waals surface area contributed by atoms with Gasteiger partial charge in [0.05, 0.1) is 16.4 Å². The second-order valence-corrected chi connectivity index (χ2v) is 6.67. The first-order valence-electron chi connectivity index (χ1n) is 6.50. The van der Waals surface area contributed by atoms with Crippen molar-refractivity contribution < 1.29 is 18.4 Å². The fourth-order valence-electron chi connectivity index (χ4n) is 2.48. The van der Waals surface area contributed by atoms with Crippen molar-refractivity contribution in [3.05, 3.63) is 28.3 Å². The van der Waals surface area contributed by atoms with Crippen LogP contribution in [0.25, 0.3) is 0 Å². The number of aliphatic hydroxyl groups is 1. The first kappa shape index (κ1) is 15.7. The van der Waals surface area contributed by atoms with Gasteiger partial charge in [0.25, 0.3) is 5.69 Å². The van der Waals surface area contributed by atoms with E-state index in [0.717, 1.165) is 0 Å². The highest BCUT2D eigenvalue weighted by atomic mass is 32.2. The van der Waals surface area contributed by atoms with Crippen molar-refractivity contribution in [1.29, 1.82) is 0 Å². The Morgan fingerprint density at radius 3 is 2.81 bits per heavy atom. The van der Waals surface area contributed by atoms with Crippen LogP contribution in [-0.2, 0) is 10.0 Å². The molecule has 21 heavy (non-hydrogen) atoms. The fourth-order valence-corrected chi connectivity index (χ4v) is 4.19. The summed E-state index contributed by atoms with van der Waals surface area (Å²) in [5.74, 6) is 0. The summed E-state index contributed by atoms with van der Waals surface area (Å²) >= 11 is 0. The third kappa shape index (κ3) is 2.85. The van der Waals surface area contributed by atoms with E-state index in [0.29, 0.717) is 19.4 Å². The van der Waals surface area contributed by atoms with Crippen LogP contribution >= 0.6 is 0 Å². The van der Waals surface area contributed by atoms with Gasteiger partial charge in [0.1, 0.15) is 5.69 Å². The number of aliphatic hydroxyl groups excluding tert-OH is 1. The third-order valence-electron chi connectivity index (χ3n) is 3.57. The molecule has 1 atom stereocenters. The highest BCUT2D eigenvalue weighted by Crippen LogP contribution is 2.31. The van der Waals surface area contributed by atoms with Gasteiger partial charge < -0.3 is 10.4 Å². The molecule has 1 unspecified atom stereocenters. The van der Waals surface area contributed by atoms with Gasteiger partial charge in [-0.05, 0) is 25.0 Å². The predicted molar refractivity (Wildman–Crippen MR) is 76.6 cm³/mol. The van der Waals surface area contributed by atoms with Crippen molar-refractivity contribution in [3.63, 3.8) is 0 Å². The van der Waals surface area contributed by atoms with Gasteiger partial charge in [-0.2, -0.15) is 4.31 Å². The van der Waals surface area contributed by atoms with E-state index in [-0.39, 0.29) is 22.9 Å². The molecule has 1 saturated heterocycles. The molecule has 0 spiro atoms. The van der Waals surface area contributed by atoms with Gasteiger partial charge in [-0.1, -0.05) is 0 Å². The number of sulfonamides is 1. The van der Waals surface area contributed by atoms with Crippen LogP contribution in [-0.4, -0.2) is 49.0 Å². The quantitative estimate of drug-likeness (QED) is 0.613. The Morgan fingerprint density at radius 2 is 2.24 bits per heavy atom. The number of nitro groups is 1. The minimum atomic E-state index is -3.76. The lowest BCUT2D eigenvalue weighted by Gasteiger charge is -2.22. The number of rotatable bonds is 5. The number of anilines is 1. The van der Waals surface area contributed by atoms with Crippen molar-refractivity contribution >= 4 is 21.4 Å². The lowest BCUT2D eigenvalue weighted by Crippen LogP contribution is -2.37. The number of nitrogens with zero attached hydrogens (tertiary/aromatic N) is 2. The van der Waals surface area contributed by atoms with Crippen molar-refractivity contribution in [2.75, 3.05) is 25.5 Å². The first-order valence-corrected chi connectivity index (χ1v) is 7.94. The summed E-state index contributed by atoms with van der Waals surface area (Å²) in [5, 5.41) is 22.8. The van der Waals surface area contributed by atoms with Crippen LogP contribution in [0.2, 0.25) is 0 Å². The van der Waals surface area contributed by atoms with Crippen LogP contribution in [0.5, 0.6) is 0 Å². The number of benzene rings is 1. The molecule has 116 valence electrons. The molecule has 1 aliphatic heterocycles. The van der Waals surface area contributed by atoms with Gasteiger partial charge in [-0.15, -0.1) is 0 Å². The Bertz CT molecular complexity index is 646. The van der Waals surface area contributed by atoms with Crippen LogP contribution in [0.4, 0.5) is 11.4 Å². The summed E-state index contributed by atoms with van der Waals surface area (Å²) in [7, 11) is -2.27. The standard InChI is InChI=1S/C12H17N3O5S/c1-13-11-7-10(4-5-12(11)15(17)18)21(19,20)14-6-2-3-9(14)8-16/h4-5,7,9,13,16H,2-3,6,8H2,1H3. The largest absolute Gasteiger partial charge is 0.395 e. The zero-order valence-corrected chi connectivity index (χ0v) is 12.3. The monoisotopic (exact) mass is 315 g/mol. The summed E-state index contributed by atoms with van der Waals surface area (Å²) in [4.78, 5) is 10.3. The molecule has 1 aliphatic rings. The maximum absolute atomic E-state index is 12.6. The van der Waals surface area contributed by atoms with Crippen LogP contribution in [0.1, 0.15) is 12.8 Å². The van der Waals surface area contributed by atoms with Crippen LogP contribution in [0.15, 0.2) is 23.1 Å². The van der Waals surface area contributed by atoms with E-state index in [4.69, 9.17) is 0 Å². The third-order valence-corrected chi connectivity index (χ3v) is 5.52. The van der Waals surface area contributed by atoms with E-state index >= 15 is 0 Å². The van der Waals surface area contributed by atoms with Crippen LogP contribution < -0.4 is 5.32 Å². The number of nitro benzene ring substituents is 1. The molecule has 1 aromatic carbocycles. The van der Waals surface area contributed by atoms with Crippen molar-refractivity contribution in [2.24, 2.45) is 0 Å². The molecule has 0 aromatic heterocycles. The second kappa shape index (κ2) is 5.96. The Kier molecular flexibility index (Phi) is 4.45. The summed E-state index contributed by atoms with van der Waals surface area (Å²) in [6.07, 6.45) is 1.30. The fraction of sp³-hybridized carbons (Fsp3) is 0.500. The highest BCUT2D eigenvalue weighted by Gasteiger charge is 2.35. The molecule has 8 nitrogen and oxygen atoms in total. The van der Waals surface area contributed by atoms with Gasteiger partial charge in [0.2, 0.25) is 10.0 Å². The average Bonchev–Trinajstić information content (AvgIpc) is 2.95. The molecule has 2 N–H and O–H groups in total. The zero-order chi connectivity index (χ0) is 15.6.